The van der Waals surface area contributed by atoms with E-state index in [0.29, 0.717) is 22.4 Å². The molecule has 1 amide bonds. The summed E-state index contributed by atoms with van der Waals surface area (Å²) in [7, 11) is 5.02. The fourth-order valence-electron chi connectivity index (χ4n) is 3.35. The molecule has 0 aliphatic heterocycles. The number of halogens is 1. The van der Waals surface area contributed by atoms with Gasteiger partial charge in [0.05, 0.1) is 12.8 Å². The first-order valence-corrected chi connectivity index (χ1v) is 11.1. The predicted molar refractivity (Wildman–Crippen MR) is 127 cm³/mol. The lowest BCUT2D eigenvalue weighted by atomic mass is 10.1. The molecule has 0 unspecified atom stereocenters. The van der Waals surface area contributed by atoms with Gasteiger partial charge in [0.25, 0.3) is 0 Å². The zero-order valence-corrected chi connectivity index (χ0v) is 19.3. The van der Waals surface area contributed by atoms with Gasteiger partial charge < -0.3 is 9.64 Å². The molecule has 4 rings (SSSR count). The van der Waals surface area contributed by atoms with Gasteiger partial charge in [-0.1, -0.05) is 54.2 Å². The van der Waals surface area contributed by atoms with Crippen molar-refractivity contribution in [1.82, 2.24) is 19.7 Å². The molecule has 168 valence electrons. The first-order valence-electron chi connectivity index (χ1n) is 10.3. The summed E-state index contributed by atoms with van der Waals surface area (Å²) in [4.78, 5) is 14.6. The van der Waals surface area contributed by atoms with E-state index in [1.807, 2.05) is 54.6 Å². The summed E-state index contributed by atoms with van der Waals surface area (Å²) < 4.78 is 21.8. The van der Waals surface area contributed by atoms with E-state index in [-0.39, 0.29) is 5.91 Å². The molecular weight excluding hydrogens is 439 g/mol. The number of methoxy groups -OCH3 is 1. The maximum atomic E-state index is 14.9. The average molecular weight is 463 g/mol. The molecule has 0 radical (unpaired) electrons. The quantitative estimate of drug-likeness (QED) is 0.362. The number of benzene rings is 3. The van der Waals surface area contributed by atoms with Crippen LogP contribution in [0.4, 0.5) is 4.39 Å². The molecule has 3 aromatic carbocycles. The number of thioether (sulfide) groups is 1. The molecular formula is C25H23FN4O2S. The lowest BCUT2D eigenvalue weighted by Gasteiger charge is -2.20. The van der Waals surface area contributed by atoms with E-state index in [4.69, 9.17) is 4.74 Å². The van der Waals surface area contributed by atoms with Crippen molar-refractivity contribution in [2.24, 2.45) is 0 Å². The van der Waals surface area contributed by atoms with Crippen molar-refractivity contribution in [3.05, 3.63) is 90.2 Å². The average Bonchev–Trinajstić information content (AvgIpc) is 3.26. The van der Waals surface area contributed by atoms with Gasteiger partial charge in [0.1, 0.15) is 16.8 Å². The van der Waals surface area contributed by atoms with Crippen LogP contribution in [0.15, 0.2) is 84.0 Å². The van der Waals surface area contributed by atoms with Crippen LogP contribution < -0.4 is 4.74 Å². The minimum absolute atomic E-state index is 0.0970. The van der Waals surface area contributed by atoms with Gasteiger partial charge in [-0.3, -0.25) is 9.36 Å². The number of aromatic nitrogens is 3. The molecule has 1 aromatic heterocycles. The molecule has 4 aromatic rings. The second-order valence-corrected chi connectivity index (χ2v) is 8.53. The van der Waals surface area contributed by atoms with Gasteiger partial charge in [0.2, 0.25) is 5.91 Å². The van der Waals surface area contributed by atoms with Gasteiger partial charge in [-0.2, -0.15) is 0 Å². The summed E-state index contributed by atoms with van der Waals surface area (Å²) in [5, 5.41) is 8.58. The Labute approximate surface area is 196 Å². The van der Waals surface area contributed by atoms with Crippen molar-refractivity contribution in [3.63, 3.8) is 0 Å². The van der Waals surface area contributed by atoms with Gasteiger partial charge in [-0.15, -0.1) is 10.2 Å². The second-order valence-electron chi connectivity index (χ2n) is 7.46. The van der Waals surface area contributed by atoms with E-state index in [2.05, 4.69) is 10.2 Å². The summed E-state index contributed by atoms with van der Waals surface area (Å²) in [5.41, 5.74) is 1.88. The Morgan fingerprint density at radius 3 is 2.27 bits per heavy atom. The Hall–Kier alpha value is -3.65. The van der Waals surface area contributed by atoms with E-state index in [9.17, 15) is 9.18 Å². The molecule has 0 saturated heterocycles. The van der Waals surface area contributed by atoms with Gasteiger partial charge in [0.15, 0.2) is 11.0 Å². The topological polar surface area (TPSA) is 60.3 Å². The number of hydrogen-bond donors (Lipinski definition) is 0. The minimum Gasteiger partial charge on any atom is -0.497 e. The van der Waals surface area contributed by atoms with E-state index in [0.717, 1.165) is 11.1 Å². The predicted octanol–water partition coefficient (Wildman–Crippen LogP) is 5.00. The number of rotatable bonds is 7. The zero-order chi connectivity index (χ0) is 23.4. The number of para-hydroxylation sites is 1. The van der Waals surface area contributed by atoms with Crippen molar-refractivity contribution in [1.29, 1.82) is 0 Å². The van der Waals surface area contributed by atoms with Gasteiger partial charge in [-0.05, 0) is 42.0 Å². The van der Waals surface area contributed by atoms with Crippen molar-refractivity contribution >= 4 is 17.7 Å². The zero-order valence-electron chi connectivity index (χ0n) is 18.5. The third-order valence-electron chi connectivity index (χ3n) is 5.07. The van der Waals surface area contributed by atoms with Crippen LogP contribution >= 0.6 is 11.8 Å². The van der Waals surface area contributed by atoms with E-state index < -0.39 is 11.1 Å². The molecule has 8 heteroatoms. The Balaban J connectivity index is 1.84. The highest BCUT2D eigenvalue weighted by molar-refractivity contribution is 8.00. The van der Waals surface area contributed by atoms with Gasteiger partial charge in [0, 0.05) is 19.7 Å². The summed E-state index contributed by atoms with van der Waals surface area (Å²) >= 11 is 1.24. The molecule has 0 aliphatic carbocycles. The van der Waals surface area contributed by atoms with E-state index >= 15 is 0 Å². The molecule has 0 saturated carbocycles. The fourth-order valence-corrected chi connectivity index (χ4v) is 4.55. The number of amides is 1. The molecule has 0 bridgehead atoms. The molecule has 0 fully saturated rings. The van der Waals surface area contributed by atoms with Crippen LogP contribution in [0, 0.1) is 5.82 Å². The number of carbonyl (C=O) groups is 1. The number of likely N-dealkylation sites (N-methyl/N-ethyl adjacent to an activating group) is 1. The maximum Gasteiger partial charge on any atom is 0.240 e. The van der Waals surface area contributed by atoms with Crippen molar-refractivity contribution in [2.45, 2.75) is 10.4 Å². The number of ether oxygens (including phenoxy) is 1. The second kappa shape index (κ2) is 9.87. The lowest BCUT2D eigenvalue weighted by molar-refractivity contribution is -0.128. The van der Waals surface area contributed by atoms with Gasteiger partial charge in [-0.25, -0.2) is 4.39 Å². The highest BCUT2D eigenvalue weighted by Crippen LogP contribution is 2.38. The third kappa shape index (κ3) is 4.75. The van der Waals surface area contributed by atoms with Crippen LogP contribution in [0.25, 0.3) is 17.1 Å². The molecule has 33 heavy (non-hydrogen) atoms. The first kappa shape index (κ1) is 22.5. The smallest absolute Gasteiger partial charge is 0.240 e. The Morgan fingerprint density at radius 1 is 0.970 bits per heavy atom. The molecule has 0 aliphatic rings. The third-order valence-corrected chi connectivity index (χ3v) is 6.25. The van der Waals surface area contributed by atoms with Crippen LogP contribution in [-0.2, 0) is 4.79 Å². The van der Waals surface area contributed by atoms with Crippen LogP contribution in [0.3, 0.4) is 0 Å². The van der Waals surface area contributed by atoms with Crippen LogP contribution in [-0.4, -0.2) is 46.8 Å². The monoisotopic (exact) mass is 462 g/mol. The summed E-state index contributed by atoms with van der Waals surface area (Å²) in [6.45, 7) is 0. The SMILES string of the molecule is COc1ccc(-c2nnc(S[C@H](C(=O)N(C)C)c3ccccc3)n2-c2ccccc2F)cc1. The van der Waals surface area contributed by atoms with Gasteiger partial charge >= 0.3 is 0 Å². The largest absolute Gasteiger partial charge is 0.497 e. The Bertz CT molecular complexity index is 1240. The van der Waals surface area contributed by atoms with E-state index in [1.54, 1.807) is 48.9 Å². The highest BCUT2D eigenvalue weighted by Gasteiger charge is 2.28. The summed E-state index contributed by atoms with van der Waals surface area (Å²) in [5.74, 6) is 0.657. The molecule has 0 N–H and O–H groups in total. The Morgan fingerprint density at radius 2 is 1.64 bits per heavy atom. The maximum absolute atomic E-state index is 14.9. The highest BCUT2D eigenvalue weighted by atomic mass is 32.2. The molecule has 1 heterocycles. The van der Waals surface area contributed by atoms with Crippen molar-refractivity contribution in [3.8, 4) is 22.8 Å². The normalized spacial score (nSPS) is 11.8. The first-order chi connectivity index (χ1) is 16.0. The van der Waals surface area contributed by atoms with Crippen LogP contribution in [0.2, 0.25) is 0 Å². The van der Waals surface area contributed by atoms with Crippen molar-refractivity contribution in [2.75, 3.05) is 21.2 Å². The number of hydrogen-bond acceptors (Lipinski definition) is 5. The molecule has 6 nitrogen and oxygen atoms in total. The summed E-state index contributed by atoms with van der Waals surface area (Å²) in [6.07, 6.45) is 0. The minimum atomic E-state index is -0.570. The lowest BCUT2D eigenvalue weighted by Crippen LogP contribution is -2.27. The van der Waals surface area contributed by atoms with Crippen molar-refractivity contribution < 1.29 is 13.9 Å². The van der Waals surface area contributed by atoms with Crippen LogP contribution in [0.1, 0.15) is 10.8 Å². The molecule has 0 spiro atoms. The van der Waals surface area contributed by atoms with E-state index in [1.165, 1.54) is 17.8 Å². The number of nitrogens with zero attached hydrogens (tertiary/aromatic N) is 4. The fraction of sp³-hybridized carbons (Fsp3) is 0.160. The van der Waals surface area contributed by atoms with Crippen LogP contribution in [0.5, 0.6) is 5.75 Å². The number of carbonyl (C=O) groups excluding carboxylic acids is 1. The summed E-state index contributed by atoms with van der Waals surface area (Å²) in [6, 6.07) is 23.2. The Kier molecular flexibility index (Phi) is 6.74. The molecule has 1 atom stereocenters. The standard InChI is InChI=1S/C25H23FN4O2S/c1-29(2)24(31)22(17-9-5-4-6-10-17)33-25-28-27-23(18-13-15-19(32-3)16-14-18)30(25)21-12-8-7-11-20(21)26/h4-16,22H,1-3H3/t22-/m0/s1.